The molecule has 1 N–H and O–H groups in total. The molecule has 2 heterocycles. The van der Waals surface area contributed by atoms with Crippen LogP contribution in [0.5, 0.6) is 0 Å². The molecule has 1 aliphatic rings. The third-order valence-electron chi connectivity index (χ3n) is 4.08. The second-order valence-electron chi connectivity index (χ2n) is 5.87. The van der Waals surface area contributed by atoms with Gasteiger partial charge in [-0.2, -0.15) is 0 Å². The Morgan fingerprint density at radius 3 is 2.67 bits per heavy atom. The zero-order valence-electron chi connectivity index (χ0n) is 13.2. The summed E-state index contributed by atoms with van der Waals surface area (Å²) in [6.07, 6.45) is 8.06. The second kappa shape index (κ2) is 7.29. The number of hydrogen-bond donors (Lipinski definition) is 1. The van der Waals surface area contributed by atoms with Crippen LogP contribution in [0.25, 0.3) is 0 Å². The van der Waals surface area contributed by atoms with Gasteiger partial charge in [0.05, 0.1) is 6.20 Å². The average Bonchev–Trinajstić information content (AvgIpc) is 2.94. The fraction of sp³-hybridized carbons (Fsp3) is 0.438. The molecule has 0 bridgehead atoms. The quantitative estimate of drug-likeness (QED) is 0.919. The molecule has 5 nitrogen and oxygen atoms in total. The van der Waals surface area contributed by atoms with E-state index in [1.54, 1.807) is 18.0 Å². The molecule has 0 aliphatic heterocycles. The van der Waals surface area contributed by atoms with Gasteiger partial charge in [0, 0.05) is 36.8 Å². The van der Waals surface area contributed by atoms with Gasteiger partial charge < -0.3 is 9.88 Å². The number of carbonyl (C=O) groups excluding carboxylic acids is 1. The summed E-state index contributed by atoms with van der Waals surface area (Å²) in [6.45, 7) is 0. The summed E-state index contributed by atoms with van der Waals surface area (Å²) in [5, 5.41) is 4.24. The summed E-state index contributed by atoms with van der Waals surface area (Å²) in [5.74, 6) is -2.32. The van der Waals surface area contributed by atoms with Gasteiger partial charge in [0.1, 0.15) is 5.82 Å². The highest BCUT2D eigenvalue weighted by atomic mass is 32.2. The second-order valence-corrected chi connectivity index (χ2v) is 7.14. The first-order chi connectivity index (χ1) is 11.5. The van der Waals surface area contributed by atoms with Crippen molar-refractivity contribution in [1.29, 1.82) is 0 Å². The minimum atomic E-state index is -0.938. The molecule has 0 atom stereocenters. The number of amides is 1. The first-order valence-corrected chi connectivity index (χ1v) is 8.67. The van der Waals surface area contributed by atoms with Crippen molar-refractivity contribution in [2.75, 3.05) is 0 Å². The van der Waals surface area contributed by atoms with Crippen LogP contribution in [0, 0.1) is 11.6 Å². The van der Waals surface area contributed by atoms with Crippen LogP contribution < -0.4 is 5.32 Å². The van der Waals surface area contributed by atoms with Crippen LogP contribution in [-0.2, 0) is 7.05 Å². The van der Waals surface area contributed by atoms with Gasteiger partial charge in [-0.25, -0.2) is 18.7 Å². The minimum Gasteiger partial charge on any atom is -0.348 e. The molecular formula is C16H18F2N4OS. The van der Waals surface area contributed by atoms with Gasteiger partial charge in [0.15, 0.2) is 16.7 Å². The topological polar surface area (TPSA) is 59.8 Å². The number of carbonyl (C=O) groups is 1. The summed E-state index contributed by atoms with van der Waals surface area (Å²) < 4.78 is 28.4. The lowest BCUT2D eigenvalue weighted by Crippen LogP contribution is -2.38. The predicted molar refractivity (Wildman–Crippen MR) is 86.7 cm³/mol. The Labute approximate surface area is 142 Å². The molecule has 24 heavy (non-hydrogen) atoms. The molecule has 2 aromatic heterocycles. The molecular weight excluding hydrogens is 334 g/mol. The Bertz CT molecular complexity index is 729. The summed E-state index contributed by atoms with van der Waals surface area (Å²) in [7, 11) is 1.96. The molecule has 0 aromatic carbocycles. The Morgan fingerprint density at radius 1 is 1.29 bits per heavy atom. The number of pyridine rings is 1. The van der Waals surface area contributed by atoms with Crippen molar-refractivity contribution >= 4 is 17.7 Å². The van der Waals surface area contributed by atoms with Gasteiger partial charge in [-0.1, -0.05) is 11.8 Å². The van der Waals surface area contributed by atoms with Gasteiger partial charge in [-0.3, -0.25) is 4.79 Å². The first kappa shape index (κ1) is 16.9. The fourth-order valence-corrected chi connectivity index (χ4v) is 3.93. The maximum Gasteiger partial charge on any atom is 0.273 e. The number of nitrogens with zero attached hydrogens (tertiary/aromatic N) is 3. The lowest BCUT2D eigenvalue weighted by molar-refractivity contribution is 0.0918. The van der Waals surface area contributed by atoms with Crippen LogP contribution in [0.3, 0.4) is 0 Å². The molecule has 1 amide bonds. The van der Waals surface area contributed by atoms with Gasteiger partial charge in [-0.05, 0) is 25.7 Å². The number of aromatic nitrogens is 3. The van der Waals surface area contributed by atoms with E-state index in [0.29, 0.717) is 11.3 Å². The van der Waals surface area contributed by atoms with Crippen LogP contribution in [0.4, 0.5) is 8.78 Å². The molecule has 0 spiro atoms. The third-order valence-corrected chi connectivity index (χ3v) is 5.49. The van der Waals surface area contributed by atoms with E-state index in [-0.39, 0.29) is 11.7 Å². The largest absolute Gasteiger partial charge is 0.348 e. The zero-order chi connectivity index (χ0) is 17.1. The van der Waals surface area contributed by atoms with Crippen LogP contribution >= 0.6 is 11.8 Å². The average molecular weight is 352 g/mol. The lowest BCUT2D eigenvalue weighted by Gasteiger charge is -2.28. The van der Waals surface area contributed by atoms with Crippen molar-refractivity contribution in [2.24, 2.45) is 7.05 Å². The number of halogens is 2. The summed E-state index contributed by atoms with van der Waals surface area (Å²) >= 11 is 1.74. The molecule has 3 rings (SSSR count). The number of hydrogen-bond acceptors (Lipinski definition) is 4. The SMILES string of the molecule is Cn1ccnc1SC1CCC(NC(=O)c2ncc(F)cc2F)CC1. The van der Waals surface area contributed by atoms with Crippen molar-refractivity contribution in [2.45, 2.75) is 42.1 Å². The van der Waals surface area contributed by atoms with Gasteiger partial charge in [0.2, 0.25) is 0 Å². The molecule has 0 saturated heterocycles. The fourth-order valence-electron chi connectivity index (χ4n) is 2.77. The van der Waals surface area contributed by atoms with Gasteiger partial charge in [0.25, 0.3) is 5.91 Å². The monoisotopic (exact) mass is 352 g/mol. The van der Waals surface area contributed by atoms with E-state index in [2.05, 4.69) is 15.3 Å². The van der Waals surface area contributed by atoms with Crippen LogP contribution in [0.2, 0.25) is 0 Å². The Kier molecular flexibility index (Phi) is 5.13. The molecule has 2 aromatic rings. The van der Waals surface area contributed by atoms with Crippen molar-refractivity contribution in [1.82, 2.24) is 19.9 Å². The van der Waals surface area contributed by atoms with Crippen molar-refractivity contribution < 1.29 is 13.6 Å². The molecule has 128 valence electrons. The minimum absolute atomic E-state index is 0.0121. The normalized spacial score (nSPS) is 20.8. The summed E-state index contributed by atoms with van der Waals surface area (Å²) in [4.78, 5) is 19.9. The maximum atomic E-state index is 13.6. The van der Waals surface area contributed by atoms with Gasteiger partial charge in [-0.15, -0.1) is 0 Å². The van der Waals surface area contributed by atoms with Crippen molar-refractivity contribution in [3.8, 4) is 0 Å². The smallest absolute Gasteiger partial charge is 0.273 e. The van der Waals surface area contributed by atoms with E-state index in [0.717, 1.165) is 37.0 Å². The Hall–Kier alpha value is -1.96. The van der Waals surface area contributed by atoms with E-state index >= 15 is 0 Å². The van der Waals surface area contributed by atoms with E-state index in [1.165, 1.54) is 0 Å². The van der Waals surface area contributed by atoms with Crippen molar-refractivity contribution in [3.63, 3.8) is 0 Å². The standard InChI is InChI=1S/C16H18F2N4OS/c1-22-7-6-19-16(22)24-12-4-2-11(3-5-12)21-15(23)14-13(18)8-10(17)9-20-14/h6-9,11-12H,2-5H2,1H3,(H,21,23). The number of nitrogens with one attached hydrogen (secondary N) is 1. The third kappa shape index (κ3) is 3.92. The molecule has 1 aliphatic carbocycles. The Balaban J connectivity index is 1.51. The molecule has 8 heteroatoms. The lowest BCUT2D eigenvalue weighted by atomic mass is 9.95. The molecule has 1 fully saturated rings. The van der Waals surface area contributed by atoms with Crippen LogP contribution in [0.15, 0.2) is 29.8 Å². The highest BCUT2D eigenvalue weighted by Gasteiger charge is 2.25. The Morgan fingerprint density at radius 2 is 2.04 bits per heavy atom. The molecule has 1 saturated carbocycles. The first-order valence-electron chi connectivity index (χ1n) is 7.79. The summed E-state index contributed by atoms with van der Waals surface area (Å²) in [6, 6.07) is 0.657. The van der Waals surface area contributed by atoms with Gasteiger partial charge >= 0.3 is 0 Å². The van der Waals surface area contributed by atoms with Crippen LogP contribution in [-0.4, -0.2) is 31.7 Å². The summed E-state index contributed by atoms with van der Waals surface area (Å²) in [5.41, 5.74) is -0.360. The number of imidazole rings is 1. The molecule has 0 radical (unpaired) electrons. The van der Waals surface area contributed by atoms with Crippen molar-refractivity contribution in [3.05, 3.63) is 42.0 Å². The highest BCUT2D eigenvalue weighted by molar-refractivity contribution is 7.99. The van der Waals surface area contributed by atoms with E-state index in [9.17, 15) is 13.6 Å². The maximum absolute atomic E-state index is 13.6. The zero-order valence-corrected chi connectivity index (χ0v) is 14.0. The highest BCUT2D eigenvalue weighted by Crippen LogP contribution is 2.32. The molecule has 0 unspecified atom stereocenters. The van der Waals surface area contributed by atoms with Crippen LogP contribution in [0.1, 0.15) is 36.2 Å². The van der Waals surface area contributed by atoms with E-state index < -0.39 is 17.5 Å². The number of aryl methyl sites for hydroxylation is 1. The number of thioether (sulfide) groups is 1. The van der Waals surface area contributed by atoms with E-state index in [4.69, 9.17) is 0 Å². The number of rotatable bonds is 4. The van der Waals surface area contributed by atoms with E-state index in [1.807, 2.05) is 17.8 Å². The predicted octanol–water partition coefficient (Wildman–Crippen LogP) is 2.93.